The summed E-state index contributed by atoms with van der Waals surface area (Å²) in [6.45, 7) is 2.21. The fourth-order valence-corrected chi connectivity index (χ4v) is 1.63. The molecule has 1 aromatic rings. The Morgan fingerprint density at radius 2 is 2.46 bits per heavy atom. The molecule has 0 aliphatic rings. The number of nitrogens with zero attached hydrogens (tertiary/aromatic N) is 2. The van der Waals surface area contributed by atoms with E-state index in [1.54, 1.807) is 20.4 Å². The number of rotatable bonds is 3. The summed E-state index contributed by atoms with van der Waals surface area (Å²) >= 11 is 1.39. The number of carbonyl (C=O) groups is 1. The number of aromatic nitrogens is 1. The van der Waals surface area contributed by atoms with Crippen molar-refractivity contribution in [2.45, 2.75) is 6.92 Å². The monoisotopic (exact) mass is 200 g/mol. The molecule has 0 bridgehead atoms. The maximum Gasteiger partial charge on any atom is 0.284 e. The molecule has 0 saturated carbocycles. The summed E-state index contributed by atoms with van der Waals surface area (Å²) in [4.78, 5) is 18.1. The van der Waals surface area contributed by atoms with Crippen LogP contribution in [0.15, 0.2) is 6.20 Å². The summed E-state index contributed by atoms with van der Waals surface area (Å²) in [5, 5.41) is 0.511. The number of hydrogen-bond donors (Lipinski definition) is 0. The second-order valence-electron chi connectivity index (χ2n) is 2.70. The van der Waals surface area contributed by atoms with Gasteiger partial charge in [-0.15, -0.1) is 11.3 Å². The average Bonchev–Trinajstić information content (AvgIpc) is 2.51. The molecule has 0 saturated heterocycles. The van der Waals surface area contributed by atoms with Gasteiger partial charge in [-0.25, -0.2) is 4.98 Å². The Kier molecular flexibility index (Phi) is 3.39. The molecule has 13 heavy (non-hydrogen) atoms. The highest BCUT2D eigenvalue weighted by Gasteiger charge is 2.14. The van der Waals surface area contributed by atoms with Gasteiger partial charge in [0.25, 0.3) is 5.91 Å². The van der Waals surface area contributed by atoms with Gasteiger partial charge in [-0.05, 0) is 6.92 Å². The Bertz CT molecular complexity index is 298. The van der Waals surface area contributed by atoms with Crippen molar-refractivity contribution in [2.24, 2.45) is 0 Å². The standard InChI is InChI=1S/C8H12N2O2S/c1-6-4-9-7(13-6)8(11)10(2)5-12-3/h4H,5H2,1-3H3. The minimum atomic E-state index is -0.0973. The summed E-state index contributed by atoms with van der Waals surface area (Å²) in [6, 6.07) is 0. The van der Waals surface area contributed by atoms with Crippen LogP contribution in [0.2, 0.25) is 0 Å². The summed E-state index contributed by atoms with van der Waals surface area (Å²) in [7, 11) is 3.24. The average molecular weight is 200 g/mol. The Morgan fingerprint density at radius 1 is 1.77 bits per heavy atom. The van der Waals surface area contributed by atoms with Crippen molar-refractivity contribution in [3.05, 3.63) is 16.1 Å². The molecule has 1 amide bonds. The van der Waals surface area contributed by atoms with Crippen LogP contribution < -0.4 is 0 Å². The van der Waals surface area contributed by atoms with Gasteiger partial charge in [0, 0.05) is 25.2 Å². The van der Waals surface area contributed by atoms with Crippen LogP contribution in [-0.4, -0.2) is 36.7 Å². The number of ether oxygens (including phenoxy) is 1. The first-order valence-corrected chi connectivity index (χ1v) is 4.63. The molecule has 0 radical (unpaired) electrons. The molecule has 1 rings (SSSR count). The molecule has 0 unspecified atom stereocenters. The minimum absolute atomic E-state index is 0.0973. The highest BCUT2D eigenvalue weighted by molar-refractivity contribution is 7.13. The third-order valence-electron chi connectivity index (χ3n) is 1.47. The van der Waals surface area contributed by atoms with Crippen LogP contribution in [0.25, 0.3) is 0 Å². The maximum atomic E-state index is 11.5. The summed E-state index contributed by atoms with van der Waals surface area (Å²) < 4.78 is 4.83. The zero-order chi connectivity index (χ0) is 9.84. The molecule has 0 atom stereocenters. The summed E-state index contributed by atoms with van der Waals surface area (Å²) in [6.07, 6.45) is 1.69. The number of methoxy groups -OCH3 is 1. The third kappa shape index (κ3) is 2.50. The van der Waals surface area contributed by atoms with Gasteiger partial charge in [-0.2, -0.15) is 0 Å². The van der Waals surface area contributed by atoms with E-state index in [-0.39, 0.29) is 12.6 Å². The Balaban J connectivity index is 2.67. The number of amides is 1. The van der Waals surface area contributed by atoms with E-state index in [0.717, 1.165) is 4.88 Å². The van der Waals surface area contributed by atoms with E-state index < -0.39 is 0 Å². The molecule has 0 aromatic carbocycles. The Labute approximate surface area is 81.2 Å². The van der Waals surface area contributed by atoms with Crippen molar-refractivity contribution in [2.75, 3.05) is 20.9 Å². The fourth-order valence-electron chi connectivity index (χ4n) is 0.869. The second-order valence-corrected chi connectivity index (χ2v) is 3.93. The molecule has 4 nitrogen and oxygen atoms in total. The van der Waals surface area contributed by atoms with E-state index in [0.29, 0.717) is 5.01 Å². The fraction of sp³-hybridized carbons (Fsp3) is 0.500. The van der Waals surface area contributed by atoms with Crippen molar-refractivity contribution < 1.29 is 9.53 Å². The zero-order valence-corrected chi connectivity index (χ0v) is 8.72. The smallest absolute Gasteiger partial charge is 0.284 e. The van der Waals surface area contributed by atoms with E-state index in [9.17, 15) is 4.79 Å². The van der Waals surface area contributed by atoms with Crippen molar-refractivity contribution in [1.82, 2.24) is 9.88 Å². The van der Waals surface area contributed by atoms with Crippen LogP contribution >= 0.6 is 11.3 Å². The van der Waals surface area contributed by atoms with Gasteiger partial charge in [0.05, 0.1) is 0 Å². The van der Waals surface area contributed by atoms with Crippen LogP contribution in [0.4, 0.5) is 0 Å². The maximum absolute atomic E-state index is 11.5. The van der Waals surface area contributed by atoms with Gasteiger partial charge in [0.1, 0.15) is 6.73 Å². The minimum Gasteiger partial charge on any atom is -0.364 e. The van der Waals surface area contributed by atoms with Crippen molar-refractivity contribution >= 4 is 17.2 Å². The van der Waals surface area contributed by atoms with Crippen molar-refractivity contribution in [3.63, 3.8) is 0 Å². The van der Waals surface area contributed by atoms with Gasteiger partial charge in [-0.1, -0.05) is 0 Å². The second kappa shape index (κ2) is 4.34. The lowest BCUT2D eigenvalue weighted by Gasteiger charge is -2.13. The van der Waals surface area contributed by atoms with Gasteiger partial charge in [0.2, 0.25) is 0 Å². The highest BCUT2D eigenvalue weighted by Crippen LogP contribution is 2.12. The molecule has 72 valence electrons. The quantitative estimate of drug-likeness (QED) is 0.687. The topological polar surface area (TPSA) is 42.4 Å². The van der Waals surface area contributed by atoms with Crippen LogP contribution in [0, 0.1) is 6.92 Å². The van der Waals surface area contributed by atoms with Crippen LogP contribution in [0.3, 0.4) is 0 Å². The van der Waals surface area contributed by atoms with Gasteiger partial charge < -0.3 is 9.64 Å². The SMILES string of the molecule is COCN(C)C(=O)c1ncc(C)s1. The predicted molar refractivity (Wildman–Crippen MR) is 50.8 cm³/mol. The van der Waals surface area contributed by atoms with Crippen LogP contribution in [0.1, 0.15) is 14.7 Å². The van der Waals surface area contributed by atoms with E-state index in [1.807, 2.05) is 6.92 Å². The molecule has 0 aliphatic carbocycles. The summed E-state index contributed by atoms with van der Waals surface area (Å²) in [5.41, 5.74) is 0. The highest BCUT2D eigenvalue weighted by atomic mass is 32.1. The predicted octanol–water partition coefficient (Wildman–Crippen LogP) is 1.13. The molecule has 0 aliphatic heterocycles. The van der Waals surface area contributed by atoms with Crippen LogP contribution in [0.5, 0.6) is 0 Å². The van der Waals surface area contributed by atoms with Crippen molar-refractivity contribution in [3.8, 4) is 0 Å². The number of carbonyl (C=O) groups excluding carboxylic acids is 1. The molecule has 0 fully saturated rings. The largest absolute Gasteiger partial charge is 0.364 e. The van der Waals surface area contributed by atoms with E-state index in [2.05, 4.69) is 4.98 Å². The Morgan fingerprint density at radius 3 is 2.92 bits per heavy atom. The van der Waals surface area contributed by atoms with Crippen molar-refractivity contribution in [1.29, 1.82) is 0 Å². The number of hydrogen-bond acceptors (Lipinski definition) is 4. The number of aryl methyl sites for hydroxylation is 1. The normalized spacial score (nSPS) is 10.1. The molecule has 1 heterocycles. The van der Waals surface area contributed by atoms with Crippen LogP contribution in [-0.2, 0) is 4.74 Å². The number of thiazole rings is 1. The van der Waals surface area contributed by atoms with E-state index in [1.165, 1.54) is 16.2 Å². The van der Waals surface area contributed by atoms with Gasteiger partial charge >= 0.3 is 0 Å². The van der Waals surface area contributed by atoms with E-state index in [4.69, 9.17) is 4.74 Å². The molecule has 1 aromatic heterocycles. The molecular formula is C8H12N2O2S. The molecule has 0 N–H and O–H groups in total. The molecule has 0 spiro atoms. The molecular weight excluding hydrogens is 188 g/mol. The lowest BCUT2D eigenvalue weighted by atomic mass is 10.6. The lowest BCUT2D eigenvalue weighted by molar-refractivity contribution is 0.0507. The third-order valence-corrected chi connectivity index (χ3v) is 2.37. The zero-order valence-electron chi connectivity index (χ0n) is 7.90. The molecule has 5 heteroatoms. The van der Waals surface area contributed by atoms with Gasteiger partial charge in [-0.3, -0.25) is 4.79 Å². The summed E-state index contributed by atoms with van der Waals surface area (Å²) in [5.74, 6) is -0.0973. The van der Waals surface area contributed by atoms with Gasteiger partial charge in [0.15, 0.2) is 5.01 Å². The first-order valence-electron chi connectivity index (χ1n) is 3.82. The van der Waals surface area contributed by atoms with E-state index >= 15 is 0 Å². The first-order chi connectivity index (χ1) is 6.15. The Hall–Kier alpha value is -0.940. The lowest BCUT2D eigenvalue weighted by Crippen LogP contribution is -2.28. The first kappa shape index (κ1) is 10.1.